The zero-order valence-corrected chi connectivity index (χ0v) is 11.5. The third kappa shape index (κ3) is 3.82. The highest BCUT2D eigenvalue weighted by atomic mass is 32.2. The van der Waals surface area contributed by atoms with Crippen LogP contribution in [-0.4, -0.2) is 17.0 Å². The van der Waals surface area contributed by atoms with E-state index in [-0.39, 0.29) is 0 Å². The highest BCUT2D eigenvalue weighted by Gasteiger charge is 2.00. The lowest BCUT2D eigenvalue weighted by Crippen LogP contribution is -2.06. The number of hydrogen-bond acceptors (Lipinski definition) is 4. The zero-order valence-electron chi connectivity index (χ0n) is 10.7. The van der Waals surface area contributed by atoms with Crippen molar-refractivity contribution in [3.63, 3.8) is 0 Å². The molecule has 1 N–H and O–H groups in total. The summed E-state index contributed by atoms with van der Waals surface area (Å²) in [5.74, 6) is 1.69. The highest BCUT2D eigenvalue weighted by Crippen LogP contribution is 2.21. The molecule has 2 aromatic rings. The number of aryl methyl sites for hydroxylation is 1. The van der Waals surface area contributed by atoms with Crippen molar-refractivity contribution in [2.75, 3.05) is 7.05 Å². The first-order valence-electron chi connectivity index (χ1n) is 5.92. The summed E-state index contributed by atoms with van der Waals surface area (Å²) in [6.45, 7) is 2.92. The average molecular weight is 259 g/mol. The molecule has 0 saturated carbocycles. The van der Waals surface area contributed by atoms with Gasteiger partial charge in [-0.1, -0.05) is 17.7 Å². The van der Waals surface area contributed by atoms with E-state index in [1.807, 2.05) is 19.4 Å². The van der Waals surface area contributed by atoms with Crippen LogP contribution in [0.15, 0.2) is 41.6 Å². The molecule has 0 unspecified atom stereocenters. The molecule has 0 radical (unpaired) electrons. The SMILES string of the molecule is CNCc1cnc(CSc2cccc(C)c2)nc1. The van der Waals surface area contributed by atoms with Crippen molar-refractivity contribution in [3.05, 3.63) is 53.6 Å². The third-order valence-electron chi connectivity index (χ3n) is 2.50. The number of thioether (sulfide) groups is 1. The molecule has 1 aromatic heterocycles. The number of rotatable bonds is 5. The van der Waals surface area contributed by atoms with Crippen LogP contribution < -0.4 is 5.32 Å². The first-order valence-corrected chi connectivity index (χ1v) is 6.90. The van der Waals surface area contributed by atoms with Gasteiger partial charge in [-0.05, 0) is 26.1 Å². The summed E-state index contributed by atoms with van der Waals surface area (Å²) in [5, 5.41) is 3.08. The van der Waals surface area contributed by atoms with E-state index in [1.54, 1.807) is 11.8 Å². The Hall–Kier alpha value is -1.39. The maximum atomic E-state index is 4.36. The predicted molar refractivity (Wildman–Crippen MR) is 75.5 cm³/mol. The first kappa shape index (κ1) is 13.1. The molecular weight excluding hydrogens is 242 g/mol. The Bertz CT molecular complexity index is 497. The molecule has 0 spiro atoms. The zero-order chi connectivity index (χ0) is 12.8. The molecule has 0 amide bonds. The third-order valence-corrected chi connectivity index (χ3v) is 3.49. The molecule has 0 bridgehead atoms. The Morgan fingerprint density at radius 3 is 2.67 bits per heavy atom. The molecule has 1 aromatic carbocycles. The molecule has 2 rings (SSSR count). The summed E-state index contributed by atoms with van der Waals surface area (Å²) in [6, 6.07) is 8.48. The summed E-state index contributed by atoms with van der Waals surface area (Å²) >= 11 is 1.77. The number of nitrogens with zero attached hydrogens (tertiary/aromatic N) is 2. The minimum Gasteiger partial charge on any atom is -0.316 e. The van der Waals surface area contributed by atoms with Crippen LogP contribution in [0, 0.1) is 6.92 Å². The number of aromatic nitrogens is 2. The lowest BCUT2D eigenvalue weighted by molar-refractivity contribution is 0.801. The monoisotopic (exact) mass is 259 g/mol. The van der Waals surface area contributed by atoms with Gasteiger partial charge < -0.3 is 5.32 Å². The molecule has 18 heavy (non-hydrogen) atoms. The van der Waals surface area contributed by atoms with Crippen molar-refractivity contribution >= 4 is 11.8 Å². The van der Waals surface area contributed by atoms with Gasteiger partial charge in [-0.15, -0.1) is 11.8 Å². The van der Waals surface area contributed by atoms with Gasteiger partial charge in [0.05, 0.1) is 5.75 Å². The van der Waals surface area contributed by atoms with Gasteiger partial charge in [0.15, 0.2) is 0 Å². The molecule has 0 saturated heterocycles. The summed E-state index contributed by atoms with van der Waals surface area (Å²) in [5.41, 5.74) is 2.40. The van der Waals surface area contributed by atoms with Crippen LogP contribution in [-0.2, 0) is 12.3 Å². The Kier molecular flexibility index (Phi) is 4.73. The molecule has 0 atom stereocenters. The molecular formula is C14H17N3S. The smallest absolute Gasteiger partial charge is 0.138 e. The topological polar surface area (TPSA) is 37.8 Å². The molecule has 1 heterocycles. The summed E-state index contributed by atoms with van der Waals surface area (Å²) in [6.07, 6.45) is 3.77. The maximum absolute atomic E-state index is 4.36. The van der Waals surface area contributed by atoms with Crippen molar-refractivity contribution in [3.8, 4) is 0 Å². The van der Waals surface area contributed by atoms with Crippen LogP contribution in [0.3, 0.4) is 0 Å². The lowest BCUT2D eigenvalue weighted by Gasteiger charge is -2.03. The predicted octanol–water partition coefficient (Wildman–Crippen LogP) is 2.80. The van der Waals surface area contributed by atoms with Gasteiger partial charge in [0.25, 0.3) is 0 Å². The molecule has 0 fully saturated rings. The van der Waals surface area contributed by atoms with Crippen LogP contribution >= 0.6 is 11.8 Å². The second kappa shape index (κ2) is 6.52. The second-order valence-corrected chi connectivity index (χ2v) is 5.19. The van der Waals surface area contributed by atoms with E-state index >= 15 is 0 Å². The molecule has 3 nitrogen and oxygen atoms in total. The fourth-order valence-electron chi connectivity index (χ4n) is 1.60. The lowest BCUT2D eigenvalue weighted by atomic mass is 10.2. The van der Waals surface area contributed by atoms with E-state index in [0.29, 0.717) is 0 Å². The van der Waals surface area contributed by atoms with Crippen LogP contribution in [0.4, 0.5) is 0 Å². The van der Waals surface area contributed by atoms with Gasteiger partial charge in [0, 0.05) is 29.4 Å². The molecule has 0 aliphatic heterocycles. The van der Waals surface area contributed by atoms with Crippen LogP contribution in [0.5, 0.6) is 0 Å². The van der Waals surface area contributed by atoms with Gasteiger partial charge in [0.2, 0.25) is 0 Å². The van der Waals surface area contributed by atoms with E-state index in [4.69, 9.17) is 0 Å². The van der Waals surface area contributed by atoms with E-state index in [2.05, 4.69) is 46.5 Å². The summed E-state index contributed by atoms with van der Waals surface area (Å²) < 4.78 is 0. The van der Waals surface area contributed by atoms with Crippen molar-refractivity contribution < 1.29 is 0 Å². The van der Waals surface area contributed by atoms with Gasteiger partial charge in [0.1, 0.15) is 5.82 Å². The Labute approximate surface area is 112 Å². The summed E-state index contributed by atoms with van der Waals surface area (Å²) in [7, 11) is 1.92. The quantitative estimate of drug-likeness (QED) is 0.838. The number of hydrogen-bond donors (Lipinski definition) is 1. The van der Waals surface area contributed by atoms with Crippen molar-refractivity contribution in [2.24, 2.45) is 0 Å². The Morgan fingerprint density at radius 1 is 1.22 bits per heavy atom. The normalized spacial score (nSPS) is 10.6. The standard InChI is InChI=1S/C14H17N3S/c1-11-4-3-5-13(6-11)18-10-14-16-8-12(7-15-2)9-17-14/h3-6,8-9,15H,7,10H2,1-2H3. The van der Waals surface area contributed by atoms with Gasteiger partial charge in [-0.3, -0.25) is 0 Å². The van der Waals surface area contributed by atoms with E-state index in [1.165, 1.54) is 10.5 Å². The fraction of sp³-hybridized carbons (Fsp3) is 0.286. The van der Waals surface area contributed by atoms with Crippen molar-refractivity contribution in [2.45, 2.75) is 24.1 Å². The van der Waals surface area contributed by atoms with E-state index < -0.39 is 0 Å². The average Bonchev–Trinajstić information content (AvgIpc) is 2.38. The minimum atomic E-state index is 0.809. The molecule has 4 heteroatoms. The van der Waals surface area contributed by atoms with Crippen LogP contribution in [0.25, 0.3) is 0 Å². The Morgan fingerprint density at radius 2 is 2.00 bits per heavy atom. The number of nitrogens with one attached hydrogen (secondary N) is 1. The maximum Gasteiger partial charge on any atom is 0.138 e. The molecule has 94 valence electrons. The largest absolute Gasteiger partial charge is 0.316 e. The van der Waals surface area contributed by atoms with Gasteiger partial charge in [-0.2, -0.15) is 0 Å². The van der Waals surface area contributed by atoms with Crippen LogP contribution in [0.2, 0.25) is 0 Å². The Balaban J connectivity index is 1.93. The van der Waals surface area contributed by atoms with E-state index in [9.17, 15) is 0 Å². The van der Waals surface area contributed by atoms with Gasteiger partial charge >= 0.3 is 0 Å². The van der Waals surface area contributed by atoms with Crippen molar-refractivity contribution in [1.29, 1.82) is 0 Å². The van der Waals surface area contributed by atoms with Crippen molar-refractivity contribution in [1.82, 2.24) is 15.3 Å². The van der Waals surface area contributed by atoms with E-state index in [0.717, 1.165) is 23.7 Å². The first-order chi connectivity index (χ1) is 8.78. The summed E-state index contributed by atoms with van der Waals surface area (Å²) in [4.78, 5) is 9.99. The molecule has 0 aliphatic carbocycles. The highest BCUT2D eigenvalue weighted by molar-refractivity contribution is 7.98. The minimum absolute atomic E-state index is 0.809. The van der Waals surface area contributed by atoms with Gasteiger partial charge in [-0.25, -0.2) is 9.97 Å². The van der Waals surface area contributed by atoms with Crippen LogP contribution in [0.1, 0.15) is 17.0 Å². The fourth-order valence-corrected chi connectivity index (χ4v) is 2.49. The second-order valence-electron chi connectivity index (χ2n) is 4.14. The number of benzene rings is 1. The molecule has 0 aliphatic rings.